The molecule has 2 saturated heterocycles. The van der Waals surface area contributed by atoms with Crippen molar-refractivity contribution in [1.82, 2.24) is 14.7 Å². The average molecular weight is 434 g/mol. The molecule has 162 valence electrons. The minimum atomic E-state index is -4.41. The number of hydrogen-bond acceptors (Lipinski definition) is 5. The fourth-order valence-corrected chi connectivity index (χ4v) is 6.39. The summed E-state index contributed by atoms with van der Waals surface area (Å²) in [6.07, 6.45) is -2.29. The van der Waals surface area contributed by atoms with Gasteiger partial charge in [0.05, 0.1) is 29.2 Å². The van der Waals surface area contributed by atoms with Crippen LogP contribution in [0.1, 0.15) is 56.8 Å². The van der Waals surface area contributed by atoms with Crippen molar-refractivity contribution in [3.8, 4) is 0 Å². The highest BCUT2D eigenvalue weighted by Crippen LogP contribution is 2.42. The molecule has 1 aromatic rings. The lowest BCUT2D eigenvalue weighted by Crippen LogP contribution is -2.39. The zero-order valence-corrected chi connectivity index (χ0v) is 17.0. The van der Waals surface area contributed by atoms with Crippen molar-refractivity contribution < 1.29 is 26.4 Å². The van der Waals surface area contributed by atoms with Crippen molar-refractivity contribution in [2.24, 2.45) is 5.92 Å². The van der Waals surface area contributed by atoms with Crippen LogP contribution in [0.5, 0.6) is 0 Å². The molecule has 0 spiro atoms. The van der Waals surface area contributed by atoms with Gasteiger partial charge < -0.3 is 10.2 Å². The van der Waals surface area contributed by atoms with E-state index >= 15 is 0 Å². The molecule has 0 saturated carbocycles. The second-order valence-corrected chi connectivity index (χ2v) is 10.5. The third-order valence-electron chi connectivity index (χ3n) is 6.24. The largest absolute Gasteiger partial charge is 0.410 e. The highest BCUT2D eigenvalue weighted by atomic mass is 32.2. The third kappa shape index (κ3) is 3.85. The first-order valence-electron chi connectivity index (χ1n) is 10.0. The average Bonchev–Trinajstić information content (AvgIpc) is 3.35. The monoisotopic (exact) mass is 434 g/mol. The number of fused-ring (bicyclic) bond motifs is 1. The summed E-state index contributed by atoms with van der Waals surface area (Å²) < 4.78 is 65.2. The van der Waals surface area contributed by atoms with Gasteiger partial charge in [0.2, 0.25) is 5.91 Å². The van der Waals surface area contributed by atoms with Gasteiger partial charge in [0.25, 0.3) is 0 Å². The molecule has 3 aliphatic rings. The molecule has 1 amide bonds. The van der Waals surface area contributed by atoms with Crippen LogP contribution in [-0.2, 0) is 14.6 Å². The number of nitrogens with zero attached hydrogens (tertiary/aromatic N) is 3. The highest BCUT2D eigenvalue weighted by Gasteiger charge is 2.47. The van der Waals surface area contributed by atoms with E-state index in [0.29, 0.717) is 43.7 Å². The quantitative estimate of drug-likeness (QED) is 0.791. The summed E-state index contributed by atoms with van der Waals surface area (Å²) in [5.74, 6) is -0.612. The summed E-state index contributed by atoms with van der Waals surface area (Å²) in [4.78, 5) is 14.5. The molecule has 0 unspecified atom stereocenters. The van der Waals surface area contributed by atoms with Crippen LogP contribution in [-0.4, -0.2) is 59.3 Å². The van der Waals surface area contributed by atoms with E-state index < -0.39 is 34.0 Å². The van der Waals surface area contributed by atoms with Gasteiger partial charge >= 0.3 is 6.18 Å². The molecular weight excluding hydrogens is 409 g/mol. The summed E-state index contributed by atoms with van der Waals surface area (Å²) in [5, 5.41) is 7.38. The third-order valence-corrected chi connectivity index (χ3v) is 8.01. The van der Waals surface area contributed by atoms with E-state index in [-0.39, 0.29) is 29.9 Å². The molecule has 0 aliphatic carbocycles. The summed E-state index contributed by atoms with van der Waals surface area (Å²) in [6, 6.07) is -0.784. The molecule has 3 aliphatic heterocycles. The molecule has 4 rings (SSSR count). The molecule has 7 nitrogen and oxygen atoms in total. The van der Waals surface area contributed by atoms with Crippen molar-refractivity contribution >= 4 is 21.6 Å². The lowest BCUT2D eigenvalue weighted by molar-refractivity contribution is -0.173. The maximum Gasteiger partial charge on any atom is 0.410 e. The van der Waals surface area contributed by atoms with Crippen LogP contribution in [0.15, 0.2) is 6.07 Å². The van der Waals surface area contributed by atoms with E-state index in [1.807, 2.05) is 6.92 Å². The number of halogens is 3. The zero-order valence-electron chi connectivity index (χ0n) is 16.2. The molecule has 1 N–H and O–H groups in total. The molecule has 4 heterocycles. The fourth-order valence-electron chi connectivity index (χ4n) is 4.66. The molecular formula is C18H25F3N4O3S. The number of aromatic nitrogens is 2. The first kappa shape index (κ1) is 20.5. The molecule has 2 fully saturated rings. The number of alkyl halides is 3. The van der Waals surface area contributed by atoms with E-state index in [1.54, 1.807) is 11.0 Å². The Morgan fingerprint density at radius 1 is 1.34 bits per heavy atom. The number of sulfone groups is 1. The summed E-state index contributed by atoms with van der Waals surface area (Å²) in [6.45, 7) is 2.31. The van der Waals surface area contributed by atoms with Gasteiger partial charge in [-0.3, -0.25) is 4.79 Å². The number of carbonyl (C=O) groups is 1. The SMILES string of the molecule is CC[C@@H]1C[C@H](C(F)(F)F)n2nc([C@H]3CCCN3C(=O)[C@H]3CCS(=O)(=O)C3)cc2N1. The highest BCUT2D eigenvalue weighted by molar-refractivity contribution is 7.91. The maximum absolute atomic E-state index is 13.6. The molecule has 11 heteroatoms. The van der Waals surface area contributed by atoms with Gasteiger partial charge in [0.15, 0.2) is 15.9 Å². The second kappa shape index (κ2) is 7.17. The van der Waals surface area contributed by atoms with Gasteiger partial charge in [-0.15, -0.1) is 0 Å². The Morgan fingerprint density at radius 3 is 2.72 bits per heavy atom. The number of hydrogen-bond donors (Lipinski definition) is 1. The molecule has 0 bridgehead atoms. The zero-order chi connectivity index (χ0) is 21.0. The first-order chi connectivity index (χ1) is 13.6. The lowest BCUT2D eigenvalue weighted by atomic mass is 10.0. The predicted octanol–water partition coefficient (Wildman–Crippen LogP) is 2.68. The molecule has 29 heavy (non-hydrogen) atoms. The number of rotatable bonds is 3. The van der Waals surface area contributed by atoms with Crippen molar-refractivity contribution in [2.45, 2.75) is 63.3 Å². The Hall–Kier alpha value is -1.78. The van der Waals surface area contributed by atoms with Gasteiger partial charge in [-0.1, -0.05) is 6.92 Å². The van der Waals surface area contributed by atoms with Crippen LogP contribution < -0.4 is 5.32 Å². The predicted molar refractivity (Wildman–Crippen MR) is 100 cm³/mol. The minimum absolute atomic E-state index is 0.0102. The van der Waals surface area contributed by atoms with E-state index in [2.05, 4.69) is 10.4 Å². The van der Waals surface area contributed by atoms with Gasteiger partial charge in [-0.2, -0.15) is 18.3 Å². The van der Waals surface area contributed by atoms with Crippen molar-refractivity contribution in [1.29, 1.82) is 0 Å². The molecule has 0 aromatic carbocycles. The normalized spacial score (nSPS) is 31.5. The van der Waals surface area contributed by atoms with Crippen molar-refractivity contribution in [3.63, 3.8) is 0 Å². The van der Waals surface area contributed by atoms with Crippen molar-refractivity contribution in [2.75, 3.05) is 23.4 Å². The lowest BCUT2D eigenvalue weighted by Gasteiger charge is -2.32. The number of likely N-dealkylation sites (tertiary alicyclic amines) is 1. The Morgan fingerprint density at radius 2 is 2.10 bits per heavy atom. The van der Waals surface area contributed by atoms with Crippen LogP contribution in [0.2, 0.25) is 0 Å². The van der Waals surface area contributed by atoms with E-state index in [4.69, 9.17) is 0 Å². The van der Waals surface area contributed by atoms with Gasteiger partial charge in [-0.05, 0) is 32.1 Å². The molecule has 1 aromatic heterocycles. The van der Waals surface area contributed by atoms with E-state index in [0.717, 1.165) is 4.68 Å². The summed E-state index contributed by atoms with van der Waals surface area (Å²) in [7, 11) is -3.19. The molecule has 0 radical (unpaired) electrons. The minimum Gasteiger partial charge on any atom is -0.367 e. The van der Waals surface area contributed by atoms with Crippen LogP contribution in [0.4, 0.5) is 19.0 Å². The van der Waals surface area contributed by atoms with Crippen molar-refractivity contribution in [3.05, 3.63) is 11.8 Å². The number of amides is 1. The summed E-state index contributed by atoms with van der Waals surface area (Å²) in [5.41, 5.74) is 0.435. The van der Waals surface area contributed by atoms with E-state index in [1.165, 1.54) is 0 Å². The second-order valence-electron chi connectivity index (χ2n) is 8.23. The van der Waals surface area contributed by atoms with Gasteiger partial charge in [0.1, 0.15) is 5.82 Å². The van der Waals surface area contributed by atoms with Crippen LogP contribution in [0.3, 0.4) is 0 Å². The first-order valence-corrected chi connectivity index (χ1v) is 11.8. The maximum atomic E-state index is 13.6. The number of nitrogens with one attached hydrogen (secondary N) is 1. The number of anilines is 1. The summed E-state index contributed by atoms with van der Waals surface area (Å²) >= 11 is 0. The Labute approximate surface area is 167 Å². The van der Waals surface area contributed by atoms with Gasteiger partial charge in [0, 0.05) is 18.7 Å². The topological polar surface area (TPSA) is 84.3 Å². The van der Waals surface area contributed by atoms with Crippen LogP contribution >= 0.6 is 0 Å². The smallest absolute Gasteiger partial charge is 0.367 e. The molecule has 4 atom stereocenters. The number of carbonyl (C=O) groups excluding carboxylic acids is 1. The van der Waals surface area contributed by atoms with Crippen LogP contribution in [0.25, 0.3) is 0 Å². The van der Waals surface area contributed by atoms with E-state index in [9.17, 15) is 26.4 Å². The van der Waals surface area contributed by atoms with Gasteiger partial charge in [-0.25, -0.2) is 13.1 Å². The standard InChI is InChI=1S/C18H25F3N4O3S/c1-2-12-8-15(18(19,20)21)25-16(22-12)9-13(23-25)14-4-3-6-24(14)17(26)11-5-7-29(27,28)10-11/h9,11-12,14-15,22H,2-8,10H2,1H3/t11-,12+,14+,15+/m0/s1. The van der Waals surface area contributed by atoms with Crippen LogP contribution in [0, 0.1) is 5.92 Å². The Balaban J connectivity index is 1.60. The fraction of sp³-hybridized carbons (Fsp3) is 0.778. The Kier molecular flexibility index (Phi) is 5.07. The Bertz CT molecular complexity index is 899.